The van der Waals surface area contributed by atoms with Crippen LogP contribution in [0.3, 0.4) is 0 Å². The van der Waals surface area contributed by atoms with Crippen LogP contribution in [0.2, 0.25) is 0 Å². The van der Waals surface area contributed by atoms with E-state index < -0.39 is 0 Å². The van der Waals surface area contributed by atoms with Gasteiger partial charge < -0.3 is 0 Å². The van der Waals surface area contributed by atoms with Crippen LogP contribution in [0.4, 0.5) is 0 Å². The number of hydrogen-bond donors (Lipinski definition) is 0. The molecule has 0 N–H and O–H groups in total. The fourth-order valence-corrected chi connectivity index (χ4v) is 4.34. The topological polar surface area (TPSA) is 43.6 Å². The molecule has 0 aliphatic carbocycles. The molecule has 0 bridgehead atoms. The lowest BCUT2D eigenvalue weighted by molar-refractivity contribution is 0.871. The normalized spacial score (nSPS) is 11.2. The van der Waals surface area contributed by atoms with Gasteiger partial charge in [-0.15, -0.1) is 11.3 Å². The Bertz CT molecular complexity index is 1260. The molecule has 5 aromatic rings. The second kappa shape index (κ2) is 6.69. The van der Waals surface area contributed by atoms with E-state index in [4.69, 9.17) is 0 Å². The van der Waals surface area contributed by atoms with Crippen molar-refractivity contribution in [1.82, 2.24) is 19.7 Å². The molecule has 5 rings (SSSR count). The van der Waals surface area contributed by atoms with Gasteiger partial charge in [-0.3, -0.25) is 0 Å². The summed E-state index contributed by atoms with van der Waals surface area (Å²) in [6, 6.07) is 21.1. The number of nitrogens with zero attached hydrogens (tertiary/aromatic N) is 4. The maximum Gasteiger partial charge on any atom is 0.163 e. The van der Waals surface area contributed by atoms with E-state index in [1.165, 1.54) is 27.0 Å². The van der Waals surface area contributed by atoms with E-state index in [-0.39, 0.29) is 0 Å². The molecule has 0 saturated carbocycles. The van der Waals surface area contributed by atoms with Crippen molar-refractivity contribution in [2.24, 2.45) is 0 Å². The Kier molecular flexibility index (Phi) is 4.02. The van der Waals surface area contributed by atoms with Gasteiger partial charge >= 0.3 is 0 Å². The Morgan fingerprint density at radius 1 is 0.786 bits per heavy atom. The minimum Gasteiger partial charge on any atom is -0.245 e. The van der Waals surface area contributed by atoms with Crippen LogP contribution in [0.1, 0.15) is 11.1 Å². The standard InChI is InChI=1S/C23H18N4S/c1-15-10-19(17-6-4-3-5-7-17)11-16(2)22(15)27-23(24-13-26-27)18-8-9-21-20(12-18)25-14-28-21/h3-14H,1-2H3. The molecule has 0 fully saturated rings. The summed E-state index contributed by atoms with van der Waals surface area (Å²) in [5.74, 6) is 0.827. The van der Waals surface area contributed by atoms with Gasteiger partial charge in [0.1, 0.15) is 6.33 Å². The lowest BCUT2D eigenvalue weighted by atomic mass is 9.99. The van der Waals surface area contributed by atoms with Crippen LogP contribution >= 0.6 is 11.3 Å². The SMILES string of the molecule is Cc1cc(-c2ccccc2)cc(C)c1-n1ncnc1-c1ccc2scnc2c1. The van der Waals surface area contributed by atoms with Crippen LogP contribution in [0, 0.1) is 13.8 Å². The third kappa shape index (κ3) is 2.80. The Morgan fingerprint density at radius 3 is 2.36 bits per heavy atom. The zero-order valence-electron chi connectivity index (χ0n) is 15.6. The van der Waals surface area contributed by atoms with E-state index in [0.717, 1.165) is 22.6 Å². The van der Waals surface area contributed by atoms with Crippen molar-refractivity contribution in [2.45, 2.75) is 13.8 Å². The molecule has 3 aromatic carbocycles. The first kappa shape index (κ1) is 16.8. The summed E-state index contributed by atoms with van der Waals surface area (Å²) in [4.78, 5) is 8.98. The van der Waals surface area contributed by atoms with E-state index in [2.05, 4.69) is 83.5 Å². The van der Waals surface area contributed by atoms with Gasteiger partial charge in [-0.25, -0.2) is 14.6 Å². The zero-order chi connectivity index (χ0) is 19.1. The maximum atomic E-state index is 4.54. The lowest BCUT2D eigenvalue weighted by Crippen LogP contribution is -2.05. The molecular weight excluding hydrogens is 364 g/mol. The lowest BCUT2D eigenvalue weighted by Gasteiger charge is -2.15. The first-order valence-corrected chi connectivity index (χ1v) is 9.99. The molecule has 0 spiro atoms. The van der Waals surface area contributed by atoms with Crippen molar-refractivity contribution in [3.63, 3.8) is 0 Å². The van der Waals surface area contributed by atoms with Crippen molar-refractivity contribution in [3.8, 4) is 28.2 Å². The van der Waals surface area contributed by atoms with Crippen molar-refractivity contribution >= 4 is 21.6 Å². The minimum absolute atomic E-state index is 0.827. The summed E-state index contributed by atoms with van der Waals surface area (Å²) in [7, 11) is 0. The fraction of sp³-hybridized carbons (Fsp3) is 0.0870. The molecule has 0 amide bonds. The smallest absolute Gasteiger partial charge is 0.163 e. The minimum atomic E-state index is 0.827. The fourth-order valence-electron chi connectivity index (χ4n) is 3.69. The van der Waals surface area contributed by atoms with Crippen LogP contribution in [-0.4, -0.2) is 19.7 Å². The van der Waals surface area contributed by atoms with E-state index in [9.17, 15) is 0 Å². The highest BCUT2D eigenvalue weighted by atomic mass is 32.1. The van der Waals surface area contributed by atoms with Crippen molar-refractivity contribution < 1.29 is 0 Å². The van der Waals surface area contributed by atoms with E-state index in [0.29, 0.717) is 0 Å². The summed E-state index contributed by atoms with van der Waals surface area (Å²) in [5.41, 5.74) is 9.71. The largest absolute Gasteiger partial charge is 0.245 e. The molecule has 0 atom stereocenters. The third-order valence-corrected chi connectivity index (χ3v) is 5.76. The van der Waals surface area contributed by atoms with Crippen molar-refractivity contribution in [3.05, 3.63) is 83.6 Å². The molecule has 28 heavy (non-hydrogen) atoms. The molecule has 0 radical (unpaired) electrons. The highest BCUT2D eigenvalue weighted by Gasteiger charge is 2.15. The van der Waals surface area contributed by atoms with Crippen LogP contribution < -0.4 is 0 Å². The molecule has 0 aliphatic heterocycles. The maximum absolute atomic E-state index is 4.54. The van der Waals surface area contributed by atoms with E-state index in [1.807, 2.05) is 16.3 Å². The first-order chi connectivity index (χ1) is 13.7. The van der Waals surface area contributed by atoms with Gasteiger partial charge in [-0.1, -0.05) is 30.3 Å². The molecule has 5 heteroatoms. The van der Waals surface area contributed by atoms with Crippen LogP contribution in [0.5, 0.6) is 0 Å². The quantitative estimate of drug-likeness (QED) is 0.394. The van der Waals surface area contributed by atoms with Crippen LogP contribution in [0.15, 0.2) is 72.5 Å². The van der Waals surface area contributed by atoms with E-state index in [1.54, 1.807) is 17.7 Å². The van der Waals surface area contributed by atoms with Crippen molar-refractivity contribution in [1.29, 1.82) is 0 Å². The number of rotatable bonds is 3. The predicted molar refractivity (Wildman–Crippen MR) is 115 cm³/mol. The highest BCUT2D eigenvalue weighted by molar-refractivity contribution is 7.16. The number of aromatic nitrogens is 4. The zero-order valence-corrected chi connectivity index (χ0v) is 16.4. The highest BCUT2D eigenvalue weighted by Crippen LogP contribution is 2.31. The molecule has 136 valence electrons. The number of hydrogen-bond acceptors (Lipinski definition) is 4. The monoisotopic (exact) mass is 382 g/mol. The van der Waals surface area contributed by atoms with Crippen LogP contribution in [-0.2, 0) is 0 Å². The molecule has 2 heterocycles. The molecule has 0 unspecified atom stereocenters. The van der Waals surface area contributed by atoms with Crippen LogP contribution in [0.25, 0.3) is 38.4 Å². The number of thiazole rings is 1. The Hall–Kier alpha value is -3.31. The number of fused-ring (bicyclic) bond motifs is 1. The summed E-state index contributed by atoms with van der Waals surface area (Å²) in [5, 5.41) is 4.54. The second-order valence-electron chi connectivity index (χ2n) is 6.85. The Balaban J connectivity index is 1.64. The number of benzene rings is 3. The molecule has 0 saturated heterocycles. The van der Waals surface area contributed by atoms with Gasteiger partial charge in [0.25, 0.3) is 0 Å². The molecule has 0 aliphatic rings. The average molecular weight is 382 g/mol. The Morgan fingerprint density at radius 2 is 1.57 bits per heavy atom. The summed E-state index contributed by atoms with van der Waals surface area (Å²) >= 11 is 1.64. The first-order valence-electron chi connectivity index (χ1n) is 9.11. The van der Waals surface area contributed by atoms with Gasteiger partial charge in [-0.05, 0) is 66.4 Å². The molecule has 2 aromatic heterocycles. The molecular formula is C23H18N4S. The predicted octanol–water partition coefficient (Wildman–Crippen LogP) is 5.83. The van der Waals surface area contributed by atoms with Gasteiger partial charge in [-0.2, -0.15) is 5.10 Å². The van der Waals surface area contributed by atoms with Gasteiger partial charge in [0, 0.05) is 5.56 Å². The second-order valence-corrected chi connectivity index (χ2v) is 7.74. The summed E-state index contributed by atoms with van der Waals surface area (Å²) in [6.07, 6.45) is 1.62. The van der Waals surface area contributed by atoms with Gasteiger partial charge in [0.2, 0.25) is 0 Å². The third-order valence-electron chi connectivity index (χ3n) is 4.95. The van der Waals surface area contributed by atoms with Crippen molar-refractivity contribution in [2.75, 3.05) is 0 Å². The van der Waals surface area contributed by atoms with Gasteiger partial charge in [0.05, 0.1) is 21.4 Å². The number of aryl methyl sites for hydroxylation is 2. The summed E-state index contributed by atoms with van der Waals surface area (Å²) < 4.78 is 3.11. The Labute approximate surface area is 167 Å². The average Bonchev–Trinajstić information content (AvgIpc) is 3.37. The van der Waals surface area contributed by atoms with Gasteiger partial charge in [0.15, 0.2) is 5.82 Å². The summed E-state index contributed by atoms with van der Waals surface area (Å²) in [6.45, 7) is 4.26. The molecule has 4 nitrogen and oxygen atoms in total. The van der Waals surface area contributed by atoms with E-state index >= 15 is 0 Å².